The molecule has 0 atom stereocenters. The summed E-state index contributed by atoms with van der Waals surface area (Å²) in [4.78, 5) is 25.6. The molecule has 0 saturated heterocycles. The first-order valence-corrected chi connectivity index (χ1v) is 7.33. The van der Waals surface area contributed by atoms with Crippen molar-refractivity contribution in [3.8, 4) is 0 Å². The van der Waals surface area contributed by atoms with E-state index in [4.69, 9.17) is 10.5 Å². The lowest BCUT2D eigenvalue weighted by Gasteiger charge is -2.21. The highest BCUT2D eigenvalue weighted by Crippen LogP contribution is 2.29. The maximum atomic E-state index is 12.5. The molecule has 0 spiro atoms. The van der Waals surface area contributed by atoms with E-state index in [9.17, 15) is 9.59 Å². The van der Waals surface area contributed by atoms with Gasteiger partial charge in [-0.05, 0) is 53.9 Å². The van der Waals surface area contributed by atoms with Crippen LogP contribution in [0.4, 0.5) is 5.69 Å². The van der Waals surface area contributed by atoms with Crippen molar-refractivity contribution < 1.29 is 14.3 Å². The first-order chi connectivity index (χ1) is 9.52. The maximum Gasteiger partial charge on any atom is 0.325 e. The summed E-state index contributed by atoms with van der Waals surface area (Å²) >= 11 is 3.29. The van der Waals surface area contributed by atoms with Gasteiger partial charge in [0.05, 0.1) is 6.61 Å². The minimum atomic E-state index is -0.377. The summed E-state index contributed by atoms with van der Waals surface area (Å²) in [6.07, 6.45) is 1.86. The molecule has 5 nitrogen and oxygen atoms in total. The molecule has 1 aromatic rings. The number of halogens is 1. The zero-order valence-corrected chi connectivity index (χ0v) is 12.9. The number of hydrogen-bond acceptors (Lipinski definition) is 4. The van der Waals surface area contributed by atoms with Crippen molar-refractivity contribution in [3.05, 3.63) is 28.2 Å². The van der Waals surface area contributed by atoms with Gasteiger partial charge < -0.3 is 15.4 Å². The van der Waals surface area contributed by atoms with E-state index in [0.29, 0.717) is 17.9 Å². The maximum absolute atomic E-state index is 12.5. The van der Waals surface area contributed by atoms with Crippen molar-refractivity contribution in [1.29, 1.82) is 0 Å². The van der Waals surface area contributed by atoms with Crippen LogP contribution in [-0.4, -0.2) is 36.0 Å². The highest BCUT2D eigenvalue weighted by Gasteiger charge is 2.34. The quantitative estimate of drug-likeness (QED) is 0.658. The molecule has 0 radical (unpaired) electrons. The Morgan fingerprint density at radius 2 is 2.15 bits per heavy atom. The Morgan fingerprint density at radius 3 is 2.70 bits per heavy atom. The number of nitrogens with zero attached hydrogens (tertiary/aromatic N) is 1. The Hall–Kier alpha value is -1.56. The fraction of sp³-hybridized carbons (Fsp3) is 0.429. The first kappa shape index (κ1) is 14.8. The Bertz CT molecular complexity index is 529. The van der Waals surface area contributed by atoms with Gasteiger partial charge in [-0.15, -0.1) is 0 Å². The highest BCUT2D eigenvalue weighted by atomic mass is 79.9. The number of nitrogen functional groups attached to an aromatic ring is 1. The standard InChI is InChI=1S/C14H17BrN2O3/c1-2-20-13(18)8-17(10-4-5-10)14(19)9-3-6-11(15)12(16)7-9/h3,6-7,10H,2,4-5,8,16H2,1H3. The number of ether oxygens (including phenoxy) is 1. The molecule has 2 rings (SSSR count). The van der Waals surface area contributed by atoms with E-state index >= 15 is 0 Å². The number of amides is 1. The number of esters is 1. The summed E-state index contributed by atoms with van der Waals surface area (Å²) in [6, 6.07) is 5.19. The van der Waals surface area contributed by atoms with Gasteiger partial charge in [0.2, 0.25) is 0 Å². The van der Waals surface area contributed by atoms with E-state index < -0.39 is 0 Å². The molecular weight excluding hydrogens is 324 g/mol. The molecule has 0 aromatic heterocycles. The Kier molecular flexibility index (Phi) is 4.65. The van der Waals surface area contributed by atoms with Gasteiger partial charge in [0.25, 0.3) is 5.91 Å². The van der Waals surface area contributed by atoms with Crippen LogP contribution in [-0.2, 0) is 9.53 Å². The summed E-state index contributed by atoms with van der Waals surface area (Å²) < 4.78 is 5.66. The minimum absolute atomic E-state index is 0.00664. The number of anilines is 1. The van der Waals surface area contributed by atoms with E-state index in [1.165, 1.54) is 0 Å². The third kappa shape index (κ3) is 3.50. The lowest BCUT2D eigenvalue weighted by atomic mass is 10.1. The second-order valence-electron chi connectivity index (χ2n) is 4.71. The fourth-order valence-corrected chi connectivity index (χ4v) is 2.19. The minimum Gasteiger partial charge on any atom is -0.465 e. The summed E-state index contributed by atoms with van der Waals surface area (Å²) in [5, 5.41) is 0. The summed E-state index contributed by atoms with van der Waals surface area (Å²) in [5.41, 5.74) is 6.78. The van der Waals surface area contributed by atoms with Gasteiger partial charge in [-0.25, -0.2) is 0 Å². The van der Waals surface area contributed by atoms with Crippen molar-refractivity contribution in [1.82, 2.24) is 4.90 Å². The van der Waals surface area contributed by atoms with Crippen LogP contribution in [0.1, 0.15) is 30.1 Å². The molecule has 0 heterocycles. The molecule has 20 heavy (non-hydrogen) atoms. The predicted octanol–water partition coefficient (Wildman–Crippen LogP) is 2.20. The average molecular weight is 341 g/mol. The number of rotatable bonds is 5. The number of hydrogen-bond donors (Lipinski definition) is 1. The molecule has 1 fully saturated rings. The lowest BCUT2D eigenvalue weighted by Crippen LogP contribution is -2.38. The third-order valence-corrected chi connectivity index (χ3v) is 3.82. The molecule has 1 saturated carbocycles. The second-order valence-corrected chi connectivity index (χ2v) is 5.56. The largest absolute Gasteiger partial charge is 0.465 e. The molecule has 108 valence electrons. The molecule has 1 amide bonds. The first-order valence-electron chi connectivity index (χ1n) is 6.54. The lowest BCUT2D eigenvalue weighted by molar-refractivity contribution is -0.144. The smallest absolute Gasteiger partial charge is 0.325 e. The van der Waals surface area contributed by atoms with Gasteiger partial charge in [0.15, 0.2) is 0 Å². The van der Waals surface area contributed by atoms with Crippen LogP contribution in [0.15, 0.2) is 22.7 Å². The van der Waals surface area contributed by atoms with Gasteiger partial charge >= 0.3 is 5.97 Å². The predicted molar refractivity (Wildman–Crippen MR) is 79.2 cm³/mol. The SMILES string of the molecule is CCOC(=O)CN(C(=O)c1ccc(Br)c(N)c1)C1CC1. The van der Waals surface area contributed by atoms with Crippen LogP contribution in [0.5, 0.6) is 0 Å². The molecule has 0 bridgehead atoms. The molecule has 1 aliphatic carbocycles. The molecule has 1 aliphatic rings. The van der Waals surface area contributed by atoms with E-state index in [2.05, 4.69) is 15.9 Å². The zero-order chi connectivity index (χ0) is 14.7. The molecule has 0 unspecified atom stereocenters. The average Bonchev–Trinajstić information content (AvgIpc) is 3.23. The topological polar surface area (TPSA) is 72.6 Å². The third-order valence-electron chi connectivity index (χ3n) is 3.10. The van der Waals surface area contributed by atoms with E-state index in [-0.39, 0.29) is 24.5 Å². The van der Waals surface area contributed by atoms with Gasteiger partial charge in [-0.2, -0.15) is 0 Å². The fourth-order valence-electron chi connectivity index (χ4n) is 1.94. The van der Waals surface area contributed by atoms with Gasteiger partial charge in [-0.1, -0.05) is 0 Å². The van der Waals surface area contributed by atoms with Crippen LogP contribution in [0.25, 0.3) is 0 Å². The number of carbonyl (C=O) groups excluding carboxylic acids is 2. The monoisotopic (exact) mass is 340 g/mol. The van der Waals surface area contributed by atoms with Crippen LogP contribution in [0.2, 0.25) is 0 Å². The Labute approximate surface area is 126 Å². The molecular formula is C14H17BrN2O3. The van der Waals surface area contributed by atoms with Crippen LogP contribution in [0.3, 0.4) is 0 Å². The van der Waals surface area contributed by atoms with Gasteiger partial charge in [0, 0.05) is 21.8 Å². The summed E-state index contributed by atoms with van der Waals surface area (Å²) in [5.74, 6) is -0.558. The number of benzene rings is 1. The van der Waals surface area contributed by atoms with Crippen molar-refractivity contribution in [2.45, 2.75) is 25.8 Å². The van der Waals surface area contributed by atoms with Gasteiger partial charge in [-0.3, -0.25) is 9.59 Å². The van der Waals surface area contributed by atoms with Crippen LogP contribution in [0, 0.1) is 0 Å². The normalized spacial score (nSPS) is 13.9. The van der Waals surface area contributed by atoms with E-state index in [0.717, 1.165) is 17.3 Å². The van der Waals surface area contributed by atoms with Crippen molar-refractivity contribution >= 4 is 33.5 Å². The van der Waals surface area contributed by atoms with Gasteiger partial charge in [0.1, 0.15) is 6.54 Å². The van der Waals surface area contributed by atoms with Crippen molar-refractivity contribution in [2.24, 2.45) is 0 Å². The molecule has 0 aliphatic heterocycles. The Balaban J connectivity index is 2.14. The second kappa shape index (κ2) is 6.26. The summed E-state index contributed by atoms with van der Waals surface area (Å²) in [6.45, 7) is 2.06. The summed E-state index contributed by atoms with van der Waals surface area (Å²) in [7, 11) is 0. The molecule has 2 N–H and O–H groups in total. The zero-order valence-electron chi connectivity index (χ0n) is 11.3. The van der Waals surface area contributed by atoms with E-state index in [1.54, 1.807) is 30.0 Å². The Morgan fingerprint density at radius 1 is 1.45 bits per heavy atom. The van der Waals surface area contributed by atoms with Crippen molar-refractivity contribution in [2.75, 3.05) is 18.9 Å². The van der Waals surface area contributed by atoms with E-state index in [1.807, 2.05) is 0 Å². The molecule has 6 heteroatoms. The number of nitrogens with two attached hydrogens (primary N) is 1. The van der Waals surface area contributed by atoms with Crippen LogP contribution >= 0.6 is 15.9 Å². The van der Waals surface area contributed by atoms with Crippen LogP contribution < -0.4 is 5.73 Å². The number of carbonyl (C=O) groups is 2. The molecule has 1 aromatic carbocycles. The van der Waals surface area contributed by atoms with Crippen molar-refractivity contribution in [3.63, 3.8) is 0 Å². The highest BCUT2D eigenvalue weighted by molar-refractivity contribution is 9.10.